The second kappa shape index (κ2) is 9.36. The summed E-state index contributed by atoms with van der Waals surface area (Å²) in [5.74, 6) is 0.923. The first-order chi connectivity index (χ1) is 6.78. The zero-order valence-electron chi connectivity index (χ0n) is 10.2. The van der Waals surface area contributed by atoms with Gasteiger partial charge in [-0.2, -0.15) is 0 Å². The zero-order chi connectivity index (χ0) is 10.8. The van der Waals surface area contributed by atoms with Crippen molar-refractivity contribution in [2.75, 3.05) is 0 Å². The van der Waals surface area contributed by atoms with E-state index in [1.807, 2.05) is 0 Å². The van der Waals surface area contributed by atoms with Gasteiger partial charge in [0, 0.05) is 0 Å². The summed E-state index contributed by atoms with van der Waals surface area (Å²) in [6.45, 7) is 6.65. The molecular formula is C13H25B. The van der Waals surface area contributed by atoms with E-state index in [0.29, 0.717) is 0 Å². The average Bonchev–Trinajstić information content (AvgIpc) is 2.20. The first-order valence-electron chi connectivity index (χ1n) is 6.12. The topological polar surface area (TPSA) is 0 Å². The van der Waals surface area contributed by atoms with E-state index in [2.05, 4.69) is 26.8 Å². The van der Waals surface area contributed by atoms with E-state index in [-0.39, 0.29) is 0 Å². The van der Waals surface area contributed by atoms with E-state index >= 15 is 0 Å². The summed E-state index contributed by atoms with van der Waals surface area (Å²) in [6, 6.07) is 0. The number of rotatable bonds is 8. The minimum Gasteiger partial charge on any atom is -0.0892 e. The van der Waals surface area contributed by atoms with Crippen molar-refractivity contribution in [1.29, 1.82) is 0 Å². The Labute approximate surface area is 91.6 Å². The Balaban J connectivity index is 3.79. The van der Waals surface area contributed by atoms with E-state index in [0.717, 1.165) is 12.2 Å². The summed E-state index contributed by atoms with van der Waals surface area (Å²) in [5, 5.41) is 0. The monoisotopic (exact) mass is 192 g/mol. The third kappa shape index (κ3) is 6.29. The van der Waals surface area contributed by atoms with E-state index in [1.54, 1.807) is 0 Å². The Morgan fingerprint density at radius 1 is 1.14 bits per heavy atom. The summed E-state index contributed by atoms with van der Waals surface area (Å²) in [4.78, 5) is 0. The van der Waals surface area contributed by atoms with Crippen molar-refractivity contribution < 1.29 is 0 Å². The molecule has 0 heterocycles. The number of allylic oxidation sites excluding steroid dienone is 2. The van der Waals surface area contributed by atoms with E-state index in [1.165, 1.54) is 44.1 Å². The molecule has 80 valence electrons. The van der Waals surface area contributed by atoms with Crippen LogP contribution in [0.1, 0.15) is 59.3 Å². The van der Waals surface area contributed by atoms with Crippen molar-refractivity contribution in [3.8, 4) is 0 Å². The molecule has 0 nitrogen and oxygen atoms in total. The van der Waals surface area contributed by atoms with E-state index < -0.39 is 0 Å². The summed E-state index contributed by atoms with van der Waals surface area (Å²) in [5.41, 5.74) is 1.42. The summed E-state index contributed by atoms with van der Waals surface area (Å²) in [7, 11) is 5.65. The van der Waals surface area contributed by atoms with Gasteiger partial charge in [-0.05, 0) is 25.7 Å². The fraction of sp³-hybridized carbons (Fsp3) is 0.846. The normalized spacial score (nSPS) is 12.4. The van der Waals surface area contributed by atoms with Gasteiger partial charge in [0.05, 0.1) is 7.85 Å². The quantitative estimate of drug-likeness (QED) is 0.392. The molecular weight excluding hydrogens is 167 g/mol. The Morgan fingerprint density at radius 3 is 2.07 bits per heavy atom. The smallest absolute Gasteiger partial charge is 0.0712 e. The molecule has 0 aliphatic rings. The summed E-state index contributed by atoms with van der Waals surface area (Å²) >= 11 is 0. The van der Waals surface area contributed by atoms with Gasteiger partial charge in [-0.15, -0.1) is 0 Å². The molecule has 2 radical (unpaired) electrons. The van der Waals surface area contributed by atoms with Crippen molar-refractivity contribution in [2.45, 2.75) is 65.6 Å². The number of hydrogen-bond acceptors (Lipinski definition) is 0. The molecule has 0 aromatic carbocycles. The van der Waals surface area contributed by atoms with Crippen LogP contribution in [0.2, 0.25) is 6.32 Å². The van der Waals surface area contributed by atoms with Gasteiger partial charge in [0.1, 0.15) is 0 Å². The molecule has 0 fully saturated rings. The molecule has 14 heavy (non-hydrogen) atoms. The molecule has 0 aromatic heterocycles. The van der Waals surface area contributed by atoms with Crippen LogP contribution in [0.15, 0.2) is 11.6 Å². The maximum absolute atomic E-state index is 5.65. The maximum Gasteiger partial charge on any atom is 0.0712 e. The molecule has 0 aliphatic heterocycles. The predicted octanol–water partition coefficient (Wildman–Crippen LogP) is 4.52. The average molecular weight is 192 g/mol. The van der Waals surface area contributed by atoms with Crippen molar-refractivity contribution in [3.05, 3.63) is 11.6 Å². The van der Waals surface area contributed by atoms with Crippen molar-refractivity contribution in [3.63, 3.8) is 0 Å². The second-order valence-corrected chi connectivity index (χ2v) is 4.13. The Morgan fingerprint density at radius 2 is 1.71 bits per heavy atom. The van der Waals surface area contributed by atoms with Crippen LogP contribution in [-0.4, -0.2) is 7.85 Å². The highest BCUT2D eigenvalue weighted by molar-refractivity contribution is 6.10. The molecule has 0 rings (SSSR count). The van der Waals surface area contributed by atoms with Gasteiger partial charge in [0.15, 0.2) is 0 Å². The highest BCUT2D eigenvalue weighted by Crippen LogP contribution is 2.22. The van der Waals surface area contributed by atoms with Crippen molar-refractivity contribution in [2.24, 2.45) is 5.92 Å². The standard InChI is InChI=1S/C13H25B/c1-4-7-13(8-5-2)10-9-12(6-3)11-14/h6,13H,4-5,7-11H2,1-3H3/b12-6+. The molecule has 0 bridgehead atoms. The lowest BCUT2D eigenvalue weighted by atomic mass is 9.87. The van der Waals surface area contributed by atoms with Crippen LogP contribution in [0.3, 0.4) is 0 Å². The van der Waals surface area contributed by atoms with Crippen LogP contribution in [0, 0.1) is 5.92 Å². The van der Waals surface area contributed by atoms with Gasteiger partial charge in [0.2, 0.25) is 0 Å². The second-order valence-electron chi connectivity index (χ2n) is 4.13. The van der Waals surface area contributed by atoms with Gasteiger partial charge in [-0.1, -0.05) is 57.5 Å². The molecule has 0 saturated carbocycles. The van der Waals surface area contributed by atoms with Crippen LogP contribution >= 0.6 is 0 Å². The fourth-order valence-corrected chi connectivity index (χ4v) is 2.00. The fourth-order valence-electron chi connectivity index (χ4n) is 2.00. The molecule has 1 heteroatoms. The lowest BCUT2D eigenvalue weighted by Crippen LogP contribution is -2.00. The SMILES string of the molecule is [B]C/C(=C/C)CCC(CCC)CCC. The van der Waals surface area contributed by atoms with Crippen molar-refractivity contribution in [1.82, 2.24) is 0 Å². The highest BCUT2D eigenvalue weighted by Gasteiger charge is 2.06. The molecule has 0 atom stereocenters. The molecule has 0 amide bonds. The van der Waals surface area contributed by atoms with Crippen LogP contribution < -0.4 is 0 Å². The third-order valence-corrected chi connectivity index (χ3v) is 2.94. The van der Waals surface area contributed by atoms with Gasteiger partial charge in [-0.3, -0.25) is 0 Å². The summed E-state index contributed by atoms with van der Waals surface area (Å²) < 4.78 is 0. The Bertz CT molecular complexity index is 143. The third-order valence-electron chi connectivity index (χ3n) is 2.94. The largest absolute Gasteiger partial charge is 0.0892 e. The lowest BCUT2D eigenvalue weighted by Gasteiger charge is -2.15. The first-order valence-corrected chi connectivity index (χ1v) is 6.12. The molecule has 0 saturated heterocycles. The van der Waals surface area contributed by atoms with Gasteiger partial charge >= 0.3 is 0 Å². The minimum atomic E-state index is 0.738. The van der Waals surface area contributed by atoms with Crippen LogP contribution in [0.4, 0.5) is 0 Å². The highest BCUT2D eigenvalue weighted by atomic mass is 14.1. The van der Waals surface area contributed by atoms with Gasteiger partial charge < -0.3 is 0 Å². The van der Waals surface area contributed by atoms with Gasteiger partial charge in [0.25, 0.3) is 0 Å². The molecule has 0 spiro atoms. The molecule has 0 unspecified atom stereocenters. The molecule has 0 aliphatic carbocycles. The minimum absolute atomic E-state index is 0.738. The van der Waals surface area contributed by atoms with Gasteiger partial charge in [-0.25, -0.2) is 0 Å². The predicted molar refractivity (Wildman–Crippen MR) is 66.9 cm³/mol. The van der Waals surface area contributed by atoms with Crippen molar-refractivity contribution >= 4 is 7.85 Å². The maximum atomic E-state index is 5.65. The van der Waals surface area contributed by atoms with E-state index in [4.69, 9.17) is 7.85 Å². The summed E-state index contributed by atoms with van der Waals surface area (Å²) in [6.07, 6.45) is 10.9. The first kappa shape index (κ1) is 13.8. The lowest BCUT2D eigenvalue weighted by molar-refractivity contribution is 0.411. The molecule has 0 N–H and O–H groups in total. The molecule has 0 aromatic rings. The number of hydrogen-bond donors (Lipinski definition) is 0. The Hall–Kier alpha value is -0.195. The Kier molecular flexibility index (Phi) is 9.23. The zero-order valence-corrected chi connectivity index (χ0v) is 10.2. The van der Waals surface area contributed by atoms with E-state index in [9.17, 15) is 0 Å². The van der Waals surface area contributed by atoms with Crippen LogP contribution in [0.25, 0.3) is 0 Å². The van der Waals surface area contributed by atoms with Crippen LogP contribution in [0.5, 0.6) is 0 Å². The van der Waals surface area contributed by atoms with Crippen LogP contribution in [-0.2, 0) is 0 Å².